The van der Waals surface area contributed by atoms with Crippen molar-refractivity contribution >= 4 is 29.2 Å². The predicted molar refractivity (Wildman–Crippen MR) is 25.4 cm³/mol. The van der Waals surface area contributed by atoms with E-state index in [2.05, 4.69) is 24.8 Å². The van der Waals surface area contributed by atoms with Crippen molar-refractivity contribution in [1.29, 1.82) is 0 Å². The Balaban J connectivity index is 0. The van der Waals surface area contributed by atoms with E-state index in [-0.39, 0.29) is 30.6 Å². The molecule has 0 bridgehead atoms. The molecule has 0 fully saturated rings. The number of hydroxylamine groups is 2. The van der Waals surface area contributed by atoms with E-state index in [1.165, 1.54) is 0 Å². The molecule has 42 valence electrons. The fraction of sp³-hybridized carbons (Fsp3) is 0. The summed E-state index contributed by atoms with van der Waals surface area (Å²) in [5.41, 5.74) is 0. The van der Waals surface area contributed by atoms with E-state index < -0.39 is 0 Å². The van der Waals surface area contributed by atoms with Gasteiger partial charge in [0.1, 0.15) is 0 Å². The Labute approximate surface area is 65.9 Å². The molecule has 0 amide bonds. The van der Waals surface area contributed by atoms with Gasteiger partial charge in [-0.3, -0.25) is 10.4 Å². The van der Waals surface area contributed by atoms with Crippen molar-refractivity contribution < 1.29 is 31.5 Å². The molecule has 0 atom stereocenters. The topological polar surface area (TPSA) is 43.7 Å². The zero-order valence-electron chi connectivity index (χ0n) is 3.07. The van der Waals surface area contributed by atoms with Crippen LogP contribution in [0.2, 0.25) is 0 Å². The van der Waals surface area contributed by atoms with Crippen molar-refractivity contribution in [2.75, 3.05) is 0 Å². The first-order valence-corrected chi connectivity index (χ1v) is 1.85. The second-order valence-electron chi connectivity index (χ2n) is 0.555. The summed E-state index contributed by atoms with van der Waals surface area (Å²) in [6.45, 7) is 0. The van der Waals surface area contributed by atoms with Crippen LogP contribution in [0.3, 0.4) is 0 Å². The fourth-order valence-electron chi connectivity index (χ4n) is 0. The standard InChI is InChI=1S/CH3NO2S2.Mo/c3-2(4)1(5)6;/h3-4H,(H,5,6);/p-1. The Morgan fingerprint density at radius 3 is 1.71 bits per heavy atom. The molecular formula is CH2MoNO2S2-. The van der Waals surface area contributed by atoms with Crippen LogP contribution in [0.4, 0.5) is 0 Å². The molecule has 0 saturated heterocycles. The van der Waals surface area contributed by atoms with Gasteiger partial charge in [-0.1, -0.05) is 0 Å². The van der Waals surface area contributed by atoms with Gasteiger partial charge in [0.05, 0.1) is 0 Å². The molecule has 0 aromatic carbocycles. The van der Waals surface area contributed by atoms with Crippen LogP contribution in [0.15, 0.2) is 0 Å². The first kappa shape index (κ1) is 10.7. The summed E-state index contributed by atoms with van der Waals surface area (Å²) < 4.78 is -0.380. The average Bonchev–Trinajstić information content (AvgIpc) is 1.36. The Morgan fingerprint density at radius 1 is 1.57 bits per heavy atom. The molecule has 0 aliphatic carbocycles. The van der Waals surface area contributed by atoms with E-state index in [0.717, 1.165) is 0 Å². The van der Waals surface area contributed by atoms with Gasteiger partial charge < -0.3 is 24.8 Å². The van der Waals surface area contributed by atoms with Crippen molar-refractivity contribution in [3.8, 4) is 0 Å². The molecule has 0 aromatic rings. The Hall–Kier alpha value is 0.718. The van der Waals surface area contributed by atoms with Crippen molar-refractivity contribution in [3.05, 3.63) is 0 Å². The van der Waals surface area contributed by atoms with Gasteiger partial charge in [-0.25, -0.2) is 0 Å². The van der Waals surface area contributed by atoms with Crippen LogP contribution in [-0.2, 0) is 33.7 Å². The number of nitrogens with zero attached hydrogens (tertiary/aromatic N) is 1. The minimum atomic E-state index is -0.380. The minimum absolute atomic E-state index is 0. The second-order valence-corrected chi connectivity index (χ2v) is 1.59. The summed E-state index contributed by atoms with van der Waals surface area (Å²) in [6.07, 6.45) is 0. The van der Waals surface area contributed by atoms with Crippen molar-refractivity contribution in [2.24, 2.45) is 0 Å². The molecule has 0 radical (unpaired) electrons. The third-order valence-electron chi connectivity index (χ3n) is 0.163. The zero-order chi connectivity index (χ0) is 5.15. The van der Waals surface area contributed by atoms with Gasteiger partial charge >= 0.3 is 0 Å². The molecule has 0 aromatic heterocycles. The van der Waals surface area contributed by atoms with Crippen LogP contribution in [-0.4, -0.2) is 20.0 Å². The van der Waals surface area contributed by atoms with Crippen molar-refractivity contribution in [2.45, 2.75) is 0 Å². The van der Waals surface area contributed by atoms with Gasteiger partial charge in [0.2, 0.25) is 0 Å². The van der Waals surface area contributed by atoms with Crippen LogP contribution >= 0.6 is 12.2 Å². The summed E-state index contributed by atoms with van der Waals surface area (Å²) >= 11 is 8.12. The molecule has 0 aliphatic rings. The summed E-state index contributed by atoms with van der Waals surface area (Å²) in [5.74, 6) is 0. The predicted octanol–water partition coefficient (Wildman–Crippen LogP) is -0.104. The SMILES string of the molecule is ON(O)C(=S)[S-].[Mo]. The third-order valence-corrected chi connectivity index (χ3v) is 0.490. The average molecular weight is 220 g/mol. The van der Waals surface area contributed by atoms with Crippen LogP contribution in [0.25, 0.3) is 0 Å². The first-order valence-electron chi connectivity index (χ1n) is 1.03. The van der Waals surface area contributed by atoms with Gasteiger partial charge in [-0.15, -0.1) is 0 Å². The quantitative estimate of drug-likeness (QED) is 0.258. The van der Waals surface area contributed by atoms with Crippen LogP contribution in [0.1, 0.15) is 0 Å². The molecule has 3 nitrogen and oxygen atoms in total. The molecule has 0 aliphatic heterocycles. The Morgan fingerprint density at radius 2 is 1.71 bits per heavy atom. The molecule has 0 heterocycles. The summed E-state index contributed by atoms with van der Waals surface area (Å²) in [5, 5.41) is 15.3. The van der Waals surface area contributed by atoms with Crippen LogP contribution in [0, 0.1) is 0 Å². The van der Waals surface area contributed by atoms with Crippen molar-refractivity contribution in [1.82, 2.24) is 5.23 Å². The maximum absolute atomic E-state index is 7.77. The Bertz CT molecular complexity index is 66.7. The van der Waals surface area contributed by atoms with E-state index in [0.29, 0.717) is 0 Å². The maximum atomic E-state index is 7.77. The number of hydrogen-bond acceptors (Lipinski definition) is 4. The van der Waals surface area contributed by atoms with Gasteiger partial charge in [-0.05, 0) is 4.32 Å². The molecule has 0 saturated carbocycles. The number of thiocarbonyl (C=S) groups is 1. The molecular weight excluding hydrogens is 218 g/mol. The summed E-state index contributed by atoms with van der Waals surface area (Å²) in [4.78, 5) is 0. The third kappa shape index (κ3) is 6.72. The Kier molecular flexibility index (Phi) is 7.41. The second kappa shape index (κ2) is 4.87. The molecule has 0 spiro atoms. The normalized spacial score (nSPS) is 6.57. The van der Waals surface area contributed by atoms with Gasteiger partial charge in [0.15, 0.2) is 0 Å². The molecule has 0 rings (SSSR count). The summed E-state index contributed by atoms with van der Waals surface area (Å²) in [6, 6.07) is 0. The summed E-state index contributed by atoms with van der Waals surface area (Å²) in [7, 11) is 0. The van der Waals surface area contributed by atoms with E-state index in [1.54, 1.807) is 0 Å². The van der Waals surface area contributed by atoms with E-state index in [9.17, 15) is 0 Å². The van der Waals surface area contributed by atoms with E-state index in [4.69, 9.17) is 10.4 Å². The minimum Gasteiger partial charge on any atom is -0.406 e. The van der Waals surface area contributed by atoms with E-state index in [1.807, 2.05) is 0 Å². The fourth-order valence-corrected chi connectivity index (χ4v) is 0. The maximum Gasteiger partial charge on any atom is 0 e. The van der Waals surface area contributed by atoms with Gasteiger partial charge in [-0.2, -0.15) is 5.23 Å². The molecule has 7 heavy (non-hydrogen) atoms. The van der Waals surface area contributed by atoms with Crippen LogP contribution in [0.5, 0.6) is 0 Å². The zero-order valence-corrected chi connectivity index (χ0v) is 6.71. The largest absolute Gasteiger partial charge is 0.406 e. The molecule has 2 N–H and O–H groups in total. The monoisotopic (exact) mass is 222 g/mol. The van der Waals surface area contributed by atoms with Crippen LogP contribution < -0.4 is 0 Å². The van der Waals surface area contributed by atoms with E-state index >= 15 is 0 Å². The first-order chi connectivity index (χ1) is 2.64. The molecule has 0 unspecified atom stereocenters. The van der Waals surface area contributed by atoms with Crippen molar-refractivity contribution in [3.63, 3.8) is 0 Å². The smallest absolute Gasteiger partial charge is 0 e. The van der Waals surface area contributed by atoms with Gasteiger partial charge in [0, 0.05) is 21.1 Å². The number of rotatable bonds is 0. The molecule has 6 heteroatoms. The van der Waals surface area contributed by atoms with Gasteiger partial charge in [0.25, 0.3) is 0 Å². The number of hydrogen-bond donors (Lipinski definition) is 2.